The van der Waals surface area contributed by atoms with Crippen LogP contribution in [0.4, 0.5) is 5.69 Å². The van der Waals surface area contributed by atoms with Gasteiger partial charge in [0, 0.05) is 12.2 Å². The summed E-state index contributed by atoms with van der Waals surface area (Å²) in [6.45, 7) is 4.65. The van der Waals surface area contributed by atoms with Gasteiger partial charge in [0.1, 0.15) is 0 Å². The number of likely N-dealkylation sites (tertiary alicyclic amines) is 1. The number of nitrogens with zero attached hydrogens (tertiary/aromatic N) is 1. The van der Waals surface area contributed by atoms with E-state index in [2.05, 4.69) is 22.3 Å². The molecule has 0 spiro atoms. The highest BCUT2D eigenvalue weighted by molar-refractivity contribution is 5.85. The summed E-state index contributed by atoms with van der Waals surface area (Å²) in [5.41, 5.74) is 8.02. The minimum absolute atomic E-state index is 0. The lowest BCUT2D eigenvalue weighted by atomic mass is 9.93. The maximum absolute atomic E-state index is 5.82. The van der Waals surface area contributed by atoms with E-state index >= 15 is 0 Å². The summed E-state index contributed by atoms with van der Waals surface area (Å²) in [6.07, 6.45) is 4.00. The molecule has 1 aliphatic heterocycles. The Labute approximate surface area is 135 Å². The zero-order valence-corrected chi connectivity index (χ0v) is 13.8. The third-order valence-corrected chi connectivity index (χ3v) is 3.87. The lowest BCUT2D eigenvalue weighted by molar-refractivity contribution is 0.172. The molecule has 116 valence electrons. The van der Waals surface area contributed by atoms with E-state index in [-0.39, 0.29) is 24.8 Å². The molecule has 0 bridgehead atoms. The molecule has 0 unspecified atom stereocenters. The number of hydrogen-bond donors (Lipinski definition) is 2. The van der Waals surface area contributed by atoms with Gasteiger partial charge in [-0.25, -0.2) is 0 Å². The number of piperidine rings is 1. The average Bonchev–Trinajstić information content (AvgIpc) is 2.38. The molecular weight excluding hydrogens is 293 g/mol. The van der Waals surface area contributed by atoms with Crippen LogP contribution in [0.25, 0.3) is 0 Å². The molecule has 1 aliphatic rings. The molecule has 3 nitrogen and oxygen atoms in total. The van der Waals surface area contributed by atoms with Crippen LogP contribution in [0.3, 0.4) is 0 Å². The van der Waals surface area contributed by atoms with E-state index in [4.69, 9.17) is 5.73 Å². The van der Waals surface area contributed by atoms with Crippen LogP contribution < -0.4 is 11.1 Å². The summed E-state index contributed by atoms with van der Waals surface area (Å²) in [7, 11) is 2.04. The number of nitrogen functional groups attached to an aromatic ring is 1. The minimum atomic E-state index is 0. The zero-order valence-electron chi connectivity index (χ0n) is 12.2. The zero-order chi connectivity index (χ0) is 12.8. The third kappa shape index (κ3) is 6.31. The lowest BCUT2D eigenvalue weighted by Crippen LogP contribution is -2.34. The number of halogens is 2. The topological polar surface area (TPSA) is 41.3 Å². The molecule has 0 amide bonds. The van der Waals surface area contributed by atoms with E-state index in [9.17, 15) is 0 Å². The summed E-state index contributed by atoms with van der Waals surface area (Å²) < 4.78 is 0. The quantitative estimate of drug-likeness (QED) is 0.820. The molecule has 0 saturated carbocycles. The van der Waals surface area contributed by atoms with E-state index in [1.807, 2.05) is 19.2 Å². The molecule has 1 saturated heterocycles. The van der Waals surface area contributed by atoms with Gasteiger partial charge in [-0.3, -0.25) is 4.90 Å². The molecule has 0 aliphatic carbocycles. The van der Waals surface area contributed by atoms with Crippen molar-refractivity contribution < 1.29 is 0 Å². The first-order valence-electron chi connectivity index (χ1n) is 6.99. The Morgan fingerprint density at radius 2 is 1.95 bits per heavy atom. The van der Waals surface area contributed by atoms with Crippen LogP contribution in [0.5, 0.6) is 0 Å². The molecule has 3 N–H and O–H groups in total. The summed E-state index contributed by atoms with van der Waals surface area (Å²) in [4.78, 5) is 2.55. The second kappa shape index (κ2) is 10.3. The SMILES string of the molecule is CNCCC1CCN(Cc2cccc(N)c2)CC1.Cl.Cl. The van der Waals surface area contributed by atoms with Gasteiger partial charge in [0.2, 0.25) is 0 Å². The number of nitrogens with two attached hydrogens (primary N) is 1. The maximum atomic E-state index is 5.82. The Hall–Kier alpha value is -0.480. The van der Waals surface area contributed by atoms with E-state index in [1.165, 1.54) is 37.9 Å². The van der Waals surface area contributed by atoms with Gasteiger partial charge in [-0.15, -0.1) is 24.8 Å². The van der Waals surface area contributed by atoms with Crippen molar-refractivity contribution in [3.05, 3.63) is 29.8 Å². The molecule has 0 atom stereocenters. The van der Waals surface area contributed by atoms with Crippen molar-refractivity contribution in [3.63, 3.8) is 0 Å². The number of benzene rings is 1. The van der Waals surface area contributed by atoms with Crippen molar-refractivity contribution in [2.75, 3.05) is 32.4 Å². The summed E-state index contributed by atoms with van der Waals surface area (Å²) in [6, 6.07) is 8.26. The van der Waals surface area contributed by atoms with Crippen LogP contribution >= 0.6 is 24.8 Å². The van der Waals surface area contributed by atoms with Gasteiger partial charge in [0.05, 0.1) is 0 Å². The lowest BCUT2D eigenvalue weighted by Gasteiger charge is -2.32. The Morgan fingerprint density at radius 1 is 1.25 bits per heavy atom. The third-order valence-electron chi connectivity index (χ3n) is 3.87. The molecule has 1 fully saturated rings. The van der Waals surface area contributed by atoms with Gasteiger partial charge in [0.15, 0.2) is 0 Å². The molecule has 1 heterocycles. The summed E-state index contributed by atoms with van der Waals surface area (Å²) >= 11 is 0. The molecule has 20 heavy (non-hydrogen) atoms. The Kier molecular flexibility index (Phi) is 10.0. The highest BCUT2D eigenvalue weighted by atomic mass is 35.5. The van der Waals surface area contributed by atoms with Gasteiger partial charge in [-0.05, 0) is 69.6 Å². The first-order valence-corrected chi connectivity index (χ1v) is 6.99. The van der Waals surface area contributed by atoms with Crippen molar-refractivity contribution in [3.8, 4) is 0 Å². The second-order valence-corrected chi connectivity index (χ2v) is 5.36. The largest absolute Gasteiger partial charge is 0.399 e. The Morgan fingerprint density at radius 3 is 2.55 bits per heavy atom. The van der Waals surface area contributed by atoms with Crippen LogP contribution in [-0.2, 0) is 6.54 Å². The van der Waals surface area contributed by atoms with Gasteiger partial charge < -0.3 is 11.1 Å². The average molecular weight is 320 g/mol. The predicted octanol–water partition coefficient (Wildman–Crippen LogP) is 2.93. The van der Waals surface area contributed by atoms with E-state index in [1.54, 1.807) is 0 Å². The van der Waals surface area contributed by atoms with Crippen molar-refractivity contribution in [1.82, 2.24) is 10.2 Å². The highest BCUT2D eigenvalue weighted by Gasteiger charge is 2.18. The molecule has 0 radical (unpaired) electrons. The van der Waals surface area contributed by atoms with Crippen LogP contribution in [0.15, 0.2) is 24.3 Å². The van der Waals surface area contributed by atoms with Crippen molar-refractivity contribution >= 4 is 30.5 Å². The maximum Gasteiger partial charge on any atom is 0.0317 e. The van der Waals surface area contributed by atoms with Crippen LogP contribution in [0.2, 0.25) is 0 Å². The van der Waals surface area contributed by atoms with Crippen molar-refractivity contribution in [2.45, 2.75) is 25.8 Å². The van der Waals surface area contributed by atoms with Crippen LogP contribution in [0.1, 0.15) is 24.8 Å². The first kappa shape index (κ1) is 19.5. The minimum Gasteiger partial charge on any atom is -0.399 e. The fourth-order valence-electron chi connectivity index (χ4n) is 2.73. The number of rotatable bonds is 5. The monoisotopic (exact) mass is 319 g/mol. The molecule has 5 heteroatoms. The highest BCUT2D eigenvalue weighted by Crippen LogP contribution is 2.21. The van der Waals surface area contributed by atoms with E-state index in [0.717, 1.165) is 24.7 Å². The van der Waals surface area contributed by atoms with E-state index in [0.29, 0.717) is 0 Å². The second-order valence-electron chi connectivity index (χ2n) is 5.36. The van der Waals surface area contributed by atoms with Gasteiger partial charge >= 0.3 is 0 Å². The summed E-state index contributed by atoms with van der Waals surface area (Å²) in [5, 5.41) is 3.24. The van der Waals surface area contributed by atoms with Gasteiger partial charge in [-0.2, -0.15) is 0 Å². The first-order chi connectivity index (χ1) is 8.78. The van der Waals surface area contributed by atoms with Crippen LogP contribution in [-0.4, -0.2) is 31.6 Å². The smallest absolute Gasteiger partial charge is 0.0317 e. The molecule has 1 aromatic rings. The van der Waals surface area contributed by atoms with Crippen molar-refractivity contribution in [1.29, 1.82) is 0 Å². The number of nitrogens with one attached hydrogen (secondary N) is 1. The summed E-state index contributed by atoms with van der Waals surface area (Å²) in [5.74, 6) is 0.912. The van der Waals surface area contributed by atoms with Crippen molar-refractivity contribution in [2.24, 2.45) is 5.92 Å². The Bertz CT molecular complexity index is 366. The fraction of sp³-hybridized carbons (Fsp3) is 0.600. The number of anilines is 1. The fourth-order valence-corrected chi connectivity index (χ4v) is 2.73. The standard InChI is InChI=1S/C15H25N3.2ClH/c1-17-8-5-13-6-9-18(10-7-13)12-14-3-2-4-15(16)11-14;;/h2-4,11,13,17H,5-10,12,16H2,1H3;2*1H. The van der Waals surface area contributed by atoms with Crippen LogP contribution in [0, 0.1) is 5.92 Å². The Balaban J connectivity index is 0.00000180. The molecular formula is C15H27Cl2N3. The molecule has 2 rings (SSSR count). The number of hydrogen-bond acceptors (Lipinski definition) is 3. The van der Waals surface area contributed by atoms with Gasteiger partial charge in [0.25, 0.3) is 0 Å². The van der Waals surface area contributed by atoms with E-state index < -0.39 is 0 Å². The molecule has 1 aromatic carbocycles. The molecule has 0 aromatic heterocycles. The normalized spacial score (nSPS) is 16.2. The predicted molar refractivity (Wildman–Crippen MR) is 91.9 cm³/mol. The van der Waals surface area contributed by atoms with Gasteiger partial charge in [-0.1, -0.05) is 12.1 Å².